The van der Waals surface area contributed by atoms with Crippen LogP contribution in [0.15, 0.2) is 71.2 Å². The fourth-order valence-electron chi connectivity index (χ4n) is 4.98. The molecule has 1 unspecified atom stereocenters. The van der Waals surface area contributed by atoms with Crippen molar-refractivity contribution in [3.05, 3.63) is 77.5 Å². The highest BCUT2D eigenvalue weighted by Crippen LogP contribution is 2.38. The zero-order chi connectivity index (χ0) is 26.3. The van der Waals surface area contributed by atoms with Crippen LogP contribution in [0.4, 0.5) is 5.69 Å². The normalized spacial score (nSPS) is 13.7. The van der Waals surface area contributed by atoms with Crippen LogP contribution in [0.3, 0.4) is 0 Å². The maximum absolute atomic E-state index is 12.6. The summed E-state index contributed by atoms with van der Waals surface area (Å²) in [5.74, 6) is -0.0800. The molecule has 0 aliphatic heterocycles. The summed E-state index contributed by atoms with van der Waals surface area (Å²) in [5.41, 5.74) is 4.67. The monoisotopic (exact) mass is 495 g/mol. The summed E-state index contributed by atoms with van der Waals surface area (Å²) >= 11 is 0. The predicted octanol–water partition coefficient (Wildman–Crippen LogP) is 4.48. The van der Waals surface area contributed by atoms with Gasteiger partial charge in [0.25, 0.3) is 5.56 Å². The number of pyridine rings is 1. The molecule has 0 radical (unpaired) electrons. The molecule has 37 heavy (non-hydrogen) atoms. The van der Waals surface area contributed by atoms with Gasteiger partial charge in [-0.05, 0) is 43.7 Å². The van der Waals surface area contributed by atoms with E-state index in [-0.39, 0.29) is 11.5 Å². The molecule has 5 aromatic rings. The molecule has 1 amide bonds. The van der Waals surface area contributed by atoms with Gasteiger partial charge >= 0.3 is 0 Å². The number of carbonyl (C=O) groups excluding carboxylic acids is 1. The second-order valence-electron chi connectivity index (χ2n) is 9.24. The summed E-state index contributed by atoms with van der Waals surface area (Å²) in [6, 6.07) is 7.95. The van der Waals surface area contributed by atoms with E-state index in [2.05, 4.69) is 42.8 Å². The summed E-state index contributed by atoms with van der Waals surface area (Å²) in [5, 5.41) is 4.80. The number of aromatic nitrogens is 5. The molecule has 0 aliphatic carbocycles. The van der Waals surface area contributed by atoms with Gasteiger partial charge < -0.3 is 19.4 Å². The number of carbonyl (C=O) groups is 1. The minimum Gasteiger partial charge on any atom is -0.345 e. The third-order valence-corrected chi connectivity index (χ3v) is 7.20. The minimum atomic E-state index is -0.731. The quantitative estimate of drug-likeness (QED) is 0.338. The lowest BCUT2D eigenvalue weighted by Gasteiger charge is -2.32. The van der Waals surface area contributed by atoms with E-state index in [0.717, 1.165) is 38.8 Å². The van der Waals surface area contributed by atoms with Gasteiger partial charge in [0.2, 0.25) is 5.91 Å². The van der Waals surface area contributed by atoms with Crippen LogP contribution in [0.2, 0.25) is 0 Å². The second kappa shape index (κ2) is 9.16. The third-order valence-electron chi connectivity index (χ3n) is 7.20. The van der Waals surface area contributed by atoms with Gasteiger partial charge in [0.15, 0.2) is 0 Å². The van der Waals surface area contributed by atoms with Crippen molar-refractivity contribution in [2.75, 3.05) is 12.4 Å². The largest absolute Gasteiger partial charge is 0.345 e. The summed E-state index contributed by atoms with van der Waals surface area (Å²) < 4.78 is 3.95. The van der Waals surface area contributed by atoms with Crippen LogP contribution in [0.25, 0.3) is 32.9 Å². The second-order valence-corrected chi connectivity index (χ2v) is 9.24. The van der Waals surface area contributed by atoms with Gasteiger partial charge in [0, 0.05) is 73.5 Å². The number of nitrogens with zero attached hydrogens (tertiary/aromatic N) is 5. The number of amides is 1. The summed E-state index contributed by atoms with van der Waals surface area (Å²) in [4.78, 5) is 41.3. The van der Waals surface area contributed by atoms with E-state index in [0.29, 0.717) is 17.6 Å². The Morgan fingerprint density at radius 1 is 1.22 bits per heavy atom. The van der Waals surface area contributed by atoms with Gasteiger partial charge in [-0.2, -0.15) is 0 Å². The van der Waals surface area contributed by atoms with Crippen molar-refractivity contribution >= 4 is 39.1 Å². The Hall–Kier alpha value is -4.53. The van der Waals surface area contributed by atoms with Gasteiger partial charge in [-0.3, -0.25) is 24.5 Å². The number of fused-ring (bicyclic) bond motifs is 2. The Balaban J connectivity index is 1.85. The van der Waals surface area contributed by atoms with E-state index in [4.69, 9.17) is 0 Å². The van der Waals surface area contributed by atoms with Gasteiger partial charge in [0.1, 0.15) is 11.1 Å². The molecular weight excluding hydrogens is 466 g/mol. The van der Waals surface area contributed by atoms with Crippen molar-refractivity contribution in [3.63, 3.8) is 0 Å². The Morgan fingerprint density at radius 3 is 2.73 bits per heavy atom. The first-order valence-corrected chi connectivity index (χ1v) is 12.1. The molecule has 1 atom stereocenters. The predicted molar refractivity (Wildman–Crippen MR) is 147 cm³/mol. The Kier molecular flexibility index (Phi) is 5.99. The topological polar surface area (TPSA) is 110 Å². The van der Waals surface area contributed by atoms with Crippen LogP contribution < -0.4 is 10.9 Å². The Labute approximate surface area is 213 Å². The standard InChI is InChI=1S/C28H29N7O2/c1-6-25(36)33-22-13-18(21-16-34(5)26-19(21)7-9-32-27(26)37)14-23-20(22)8-12-35(23)28(3,17(2)29-4)24-15-30-10-11-31-24/h7-16H,6H2,1-5H3,(H,32,37)(H,33,36). The van der Waals surface area contributed by atoms with Crippen molar-refractivity contribution in [1.82, 2.24) is 24.1 Å². The van der Waals surface area contributed by atoms with E-state index in [9.17, 15) is 9.59 Å². The van der Waals surface area contributed by atoms with E-state index in [1.165, 1.54) is 0 Å². The fraction of sp³-hybridized carbons (Fsp3) is 0.250. The number of hydrogen-bond donors (Lipinski definition) is 2. The molecule has 0 bridgehead atoms. The first-order chi connectivity index (χ1) is 17.8. The molecule has 0 saturated heterocycles. The molecule has 0 fully saturated rings. The molecule has 0 saturated carbocycles. The lowest BCUT2D eigenvalue weighted by Crippen LogP contribution is -2.39. The highest BCUT2D eigenvalue weighted by molar-refractivity contribution is 6.07. The fourth-order valence-corrected chi connectivity index (χ4v) is 4.98. The average molecular weight is 496 g/mol. The molecule has 4 aromatic heterocycles. The molecule has 1 aromatic carbocycles. The van der Waals surface area contributed by atoms with Gasteiger partial charge in [-0.1, -0.05) is 6.92 Å². The van der Waals surface area contributed by atoms with Crippen LogP contribution in [-0.2, 0) is 17.4 Å². The van der Waals surface area contributed by atoms with Crippen LogP contribution in [0.5, 0.6) is 0 Å². The molecule has 5 rings (SSSR count). The molecule has 9 heteroatoms. The molecule has 2 N–H and O–H groups in total. The van der Waals surface area contributed by atoms with Crippen molar-refractivity contribution in [1.29, 1.82) is 0 Å². The van der Waals surface area contributed by atoms with Crippen molar-refractivity contribution in [3.8, 4) is 11.1 Å². The maximum atomic E-state index is 12.6. The smallest absolute Gasteiger partial charge is 0.272 e. The van der Waals surface area contributed by atoms with Gasteiger partial charge in [-0.15, -0.1) is 0 Å². The summed E-state index contributed by atoms with van der Waals surface area (Å²) in [6.45, 7) is 5.86. The van der Waals surface area contributed by atoms with Gasteiger partial charge in [0.05, 0.1) is 23.1 Å². The molecule has 4 heterocycles. The van der Waals surface area contributed by atoms with Crippen LogP contribution in [0.1, 0.15) is 32.9 Å². The Bertz CT molecular complexity index is 1730. The van der Waals surface area contributed by atoms with Crippen LogP contribution >= 0.6 is 0 Å². The molecule has 9 nitrogen and oxygen atoms in total. The first kappa shape index (κ1) is 24.2. The van der Waals surface area contributed by atoms with Crippen LogP contribution in [-0.4, -0.2) is 42.8 Å². The average Bonchev–Trinajstić information content (AvgIpc) is 3.50. The van der Waals surface area contributed by atoms with E-state index in [1.807, 2.05) is 56.1 Å². The SMILES string of the molecule is CCC(=O)Nc1cc(-c2cn(C)c3c(=O)[nH]ccc23)cc2c1ccn2C(C)(C(C)=NC)c1cnccn1. The minimum absolute atomic E-state index is 0.0800. The third kappa shape index (κ3) is 3.83. The van der Waals surface area contributed by atoms with Crippen molar-refractivity contribution in [2.24, 2.45) is 12.0 Å². The summed E-state index contributed by atoms with van der Waals surface area (Å²) in [6.07, 6.45) is 11.0. The summed E-state index contributed by atoms with van der Waals surface area (Å²) in [7, 11) is 3.62. The number of hydrogen-bond acceptors (Lipinski definition) is 5. The number of H-pyrrole nitrogens is 1. The number of nitrogens with one attached hydrogen (secondary N) is 2. The van der Waals surface area contributed by atoms with Crippen molar-refractivity contribution < 1.29 is 4.79 Å². The first-order valence-electron chi connectivity index (χ1n) is 12.1. The van der Waals surface area contributed by atoms with E-state index >= 15 is 0 Å². The molecule has 0 spiro atoms. The number of aromatic amines is 1. The van der Waals surface area contributed by atoms with E-state index in [1.54, 1.807) is 31.8 Å². The number of rotatable bonds is 6. The van der Waals surface area contributed by atoms with Gasteiger partial charge in [-0.25, -0.2) is 0 Å². The number of aryl methyl sites for hydroxylation is 1. The van der Waals surface area contributed by atoms with Crippen molar-refractivity contribution in [2.45, 2.75) is 32.7 Å². The zero-order valence-electron chi connectivity index (χ0n) is 21.5. The molecular formula is C28H29N7O2. The highest BCUT2D eigenvalue weighted by atomic mass is 16.1. The highest BCUT2D eigenvalue weighted by Gasteiger charge is 2.35. The number of benzene rings is 1. The van der Waals surface area contributed by atoms with E-state index < -0.39 is 5.54 Å². The number of aliphatic imine (C=N–C) groups is 1. The lowest BCUT2D eigenvalue weighted by atomic mass is 9.91. The Morgan fingerprint density at radius 2 is 2.03 bits per heavy atom. The van der Waals surface area contributed by atoms with Crippen LogP contribution in [0, 0.1) is 0 Å². The lowest BCUT2D eigenvalue weighted by molar-refractivity contribution is -0.115. The molecule has 188 valence electrons. The zero-order valence-corrected chi connectivity index (χ0v) is 21.5. The number of anilines is 1. The molecule has 0 aliphatic rings. The maximum Gasteiger partial charge on any atom is 0.272 e.